The van der Waals surface area contributed by atoms with Crippen LogP contribution in [0, 0.1) is 0 Å². The minimum absolute atomic E-state index is 0.0823. The molecule has 0 saturated heterocycles. The summed E-state index contributed by atoms with van der Waals surface area (Å²) in [5, 5.41) is 7.74. The Bertz CT molecular complexity index is 960. The number of hydrogen-bond donors (Lipinski definition) is 2. The van der Waals surface area contributed by atoms with Crippen LogP contribution < -0.4 is 10.6 Å². The number of fused-ring (bicyclic) bond motifs is 1. The Kier molecular flexibility index (Phi) is 6.27. The first-order valence-corrected chi connectivity index (χ1v) is 9.30. The number of carbonyl (C=O) groups excluding carboxylic acids is 2. The number of carbonyl (C=O) groups is 2. The molecule has 2 N–H and O–H groups in total. The van der Waals surface area contributed by atoms with Gasteiger partial charge in [0.1, 0.15) is 6.61 Å². The van der Waals surface area contributed by atoms with Crippen molar-refractivity contribution >= 4 is 22.8 Å². The zero-order valence-electron chi connectivity index (χ0n) is 16.1. The summed E-state index contributed by atoms with van der Waals surface area (Å²) in [6.07, 6.45) is 0. The van der Waals surface area contributed by atoms with Gasteiger partial charge in [-0.25, -0.2) is 9.59 Å². The first kappa shape index (κ1) is 19.4. The van der Waals surface area contributed by atoms with Crippen LogP contribution in [-0.2, 0) is 17.9 Å². The van der Waals surface area contributed by atoms with Crippen LogP contribution in [0.25, 0.3) is 10.8 Å². The van der Waals surface area contributed by atoms with Crippen molar-refractivity contribution in [3.05, 3.63) is 83.4 Å². The van der Waals surface area contributed by atoms with E-state index in [2.05, 4.69) is 10.6 Å². The summed E-state index contributed by atoms with van der Waals surface area (Å²) in [6.45, 7) is 4.42. The topological polar surface area (TPSA) is 67.4 Å². The van der Waals surface area contributed by atoms with Crippen LogP contribution in [0.5, 0.6) is 0 Å². The minimum Gasteiger partial charge on any atom is -0.457 e. The first-order valence-electron chi connectivity index (χ1n) is 9.30. The number of ether oxygens (including phenoxy) is 1. The molecule has 0 fully saturated rings. The highest BCUT2D eigenvalue weighted by molar-refractivity contribution is 5.90. The fraction of sp³-hybridized carbons (Fsp3) is 0.217. The van der Waals surface area contributed by atoms with Crippen LogP contribution in [0.3, 0.4) is 0 Å². The van der Waals surface area contributed by atoms with E-state index in [4.69, 9.17) is 4.74 Å². The lowest BCUT2D eigenvalue weighted by Gasteiger charge is -2.11. The molecule has 0 radical (unpaired) electrons. The van der Waals surface area contributed by atoms with Crippen molar-refractivity contribution < 1.29 is 14.3 Å². The summed E-state index contributed by atoms with van der Waals surface area (Å²) < 4.78 is 5.49. The molecule has 3 rings (SSSR count). The largest absolute Gasteiger partial charge is 0.457 e. The maximum atomic E-state index is 12.4. The van der Waals surface area contributed by atoms with Gasteiger partial charge in [0.25, 0.3) is 0 Å². The van der Waals surface area contributed by atoms with E-state index in [-0.39, 0.29) is 24.6 Å². The number of hydrogen-bond acceptors (Lipinski definition) is 3. The smallest absolute Gasteiger partial charge is 0.338 e. The van der Waals surface area contributed by atoms with Gasteiger partial charge in [0.2, 0.25) is 0 Å². The Hall–Kier alpha value is -3.34. The third kappa shape index (κ3) is 5.10. The second-order valence-electron chi connectivity index (χ2n) is 6.89. The van der Waals surface area contributed by atoms with Crippen LogP contribution in [-0.4, -0.2) is 18.0 Å². The van der Waals surface area contributed by atoms with E-state index in [1.165, 1.54) is 0 Å². The Balaban J connectivity index is 1.56. The molecular weight excluding hydrogens is 352 g/mol. The molecule has 0 unspecified atom stereocenters. The molecule has 0 bridgehead atoms. The molecule has 0 aliphatic carbocycles. The number of benzene rings is 3. The van der Waals surface area contributed by atoms with E-state index in [0.29, 0.717) is 12.1 Å². The third-order valence-electron chi connectivity index (χ3n) is 4.30. The van der Waals surface area contributed by atoms with Crippen molar-refractivity contribution in [1.29, 1.82) is 0 Å². The molecule has 5 heteroatoms. The Morgan fingerprint density at radius 2 is 1.64 bits per heavy atom. The molecule has 3 aromatic carbocycles. The van der Waals surface area contributed by atoms with Crippen LogP contribution in [0.2, 0.25) is 0 Å². The number of esters is 1. The number of rotatable bonds is 6. The van der Waals surface area contributed by atoms with E-state index >= 15 is 0 Å². The van der Waals surface area contributed by atoms with E-state index in [1.807, 2.05) is 68.4 Å². The van der Waals surface area contributed by atoms with Gasteiger partial charge in [-0.3, -0.25) is 0 Å². The summed E-state index contributed by atoms with van der Waals surface area (Å²) in [6, 6.07) is 20.9. The van der Waals surface area contributed by atoms with Gasteiger partial charge < -0.3 is 15.4 Å². The Morgan fingerprint density at radius 3 is 2.39 bits per heavy atom. The third-order valence-corrected chi connectivity index (χ3v) is 4.30. The van der Waals surface area contributed by atoms with Crippen LogP contribution in [0.15, 0.2) is 66.7 Å². The number of nitrogens with one attached hydrogen (secondary N) is 2. The molecule has 144 valence electrons. The second-order valence-corrected chi connectivity index (χ2v) is 6.89. The molecule has 0 aromatic heterocycles. The minimum atomic E-state index is -0.370. The van der Waals surface area contributed by atoms with Gasteiger partial charge in [0.05, 0.1) is 5.56 Å². The van der Waals surface area contributed by atoms with E-state index in [0.717, 1.165) is 21.9 Å². The zero-order chi connectivity index (χ0) is 19.9. The molecule has 0 saturated carbocycles. The van der Waals surface area contributed by atoms with Gasteiger partial charge in [-0.2, -0.15) is 0 Å². The van der Waals surface area contributed by atoms with E-state index in [1.54, 1.807) is 12.1 Å². The summed E-state index contributed by atoms with van der Waals surface area (Å²) in [7, 11) is 0. The predicted molar refractivity (Wildman–Crippen MR) is 110 cm³/mol. The maximum absolute atomic E-state index is 12.4. The van der Waals surface area contributed by atoms with Gasteiger partial charge in [-0.05, 0) is 47.9 Å². The van der Waals surface area contributed by atoms with Crippen molar-refractivity contribution in [1.82, 2.24) is 10.6 Å². The predicted octanol–water partition coefficient (Wildman–Crippen LogP) is 4.40. The quantitative estimate of drug-likeness (QED) is 0.627. The Labute approximate surface area is 164 Å². The SMILES string of the molecule is CC(C)NC(=O)NCc1ccc(C(=O)OCc2cccc3ccccc23)cc1. The Morgan fingerprint density at radius 1 is 0.929 bits per heavy atom. The lowest BCUT2D eigenvalue weighted by atomic mass is 10.1. The second kappa shape index (κ2) is 9.04. The average Bonchev–Trinajstić information content (AvgIpc) is 2.70. The summed E-state index contributed by atoms with van der Waals surface area (Å²) >= 11 is 0. The highest BCUT2D eigenvalue weighted by Crippen LogP contribution is 2.19. The monoisotopic (exact) mass is 376 g/mol. The van der Waals surface area contributed by atoms with Gasteiger partial charge in [0, 0.05) is 12.6 Å². The first-order chi connectivity index (χ1) is 13.5. The van der Waals surface area contributed by atoms with Crippen molar-refractivity contribution in [2.45, 2.75) is 33.0 Å². The highest BCUT2D eigenvalue weighted by atomic mass is 16.5. The van der Waals surface area contributed by atoms with Crippen molar-refractivity contribution in [2.24, 2.45) is 0 Å². The number of urea groups is 1. The fourth-order valence-electron chi connectivity index (χ4n) is 2.90. The molecule has 28 heavy (non-hydrogen) atoms. The maximum Gasteiger partial charge on any atom is 0.338 e. The lowest BCUT2D eigenvalue weighted by Crippen LogP contribution is -2.39. The molecule has 0 heterocycles. The molecule has 0 atom stereocenters. The zero-order valence-corrected chi connectivity index (χ0v) is 16.1. The molecule has 0 aliphatic heterocycles. The van der Waals surface area contributed by atoms with Gasteiger partial charge in [-0.15, -0.1) is 0 Å². The van der Waals surface area contributed by atoms with Gasteiger partial charge >= 0.3 is 12.0 Å². The fourth-order valence-corrected chi connectivity index (χ4v) is 2.90. The molecule has 5 nitrogen and oxygen atoms in total. The highest BCUT2D eigenvalue weighted by Gasteiger charge is 2.09. The number of amides is 2. The molecule has 0 spiro atoms. The molecule has 3 aromatic rings. The lowest BCUT2D eigenvalue weighted by molar-refractivity contribution is 0.0474. The molecule has 0 aliphatic rings. The summed E-state index contributed by atoms with van der Waals surface area (Å²) in [5.41, 5.74) is 2.36. The van der Waals surface area contributed by atoms with E-state index in [9.17, 15) is 9.59 Å². The average molecular weight is 376 g/mol. The van der Waals surface area contributed by atoms with Gasteiger partial charge in [-0.1, -0.05) is 54.6 Å². The summed E-state index contributed by atoms with van der Waals surface area (Å²) in [5.74, 6) is -0.370. The summed E-state index contributed by atoms with van der Waals surface area (Å²) in [4.78, 5) is 24.0. The van der Waals surface area contributed by atoms with Crippen molar-refractivity contribution in [3.63, 3.8) is 0 Å². The standard InChI is InChI=1S/C23H24N2O3/c1-16(2)25-23(27)24-14-17-10-12-19(13-11-17)22(26)28-15-20-8-5-7-18-6-3-4-9-21(18)20/h3-13,16H,14-15H2,1-2H3,(H2,24,25,27). The van der Waals surface area contributed by atoms with Crippen LogP contribution in [0.4, 0.5) is 4.79 Å². The van der Waals surface area contributed by atoms with E-state index < -0.39 is 0 Å². The van der Waals surface area contributed by atoms with Crippen LogP contribution in [0.1, 0.15) is 35.3 Å². The normalized spacial score (nSPS) is 10.7. The molecular formula is C23H24N2O3. The van der Waals surface area contributed by atoms with Gasteiger partial charge in [0.15, 0.2) is 0 Å². The van der Waals surface area contributed by atoms with Crippen molar-refractivity contribution in [3.8, 4) is 0 Å². The van der Waals surface area contributed by atoms with Crippen LogP contribution >= 0.6 is 0 Å². The molecule has 2 amide bonds. The van der Waals surface area contributed by atoms with Crippen molar-refractivity contribution in [2.75, 3.05) is 0 Å².